The van der Waals surface area contributed by atoms with Gasteiger partial charge in [0.05, 0.1) is 11.8 Å². The SMILES string of the molecule is CCCCCCCCCCCCCCC/C=C/CC1CCC2C(=O)OC(=O)C2C1C. The summed E-state index contributed by atoms with van der Waals surface area (Å²) >= 11 is 0. The van der Waals surface area contributed by atoms with Crippen molar-refractivity contribution in [1.29, 1.82) is 0 Å². The first-order chi connectivity index (χ1) is 14.6. The van der Waals surface area contributed by atoms with Crippen molar-refractivity contribution in [3.63, 3.8) is 0 Å². The molecule has 1 aliphatic heterocycles. The first-order valence-electron chi connectivity index (χ1n) is 13.1. The fourth-order valence-corrected chi connectivity index (χ4v) is 5.38. The van der Waals surface area contributed by atoms with Gasteiger partial charge in [-0.25, -0.2) is 0 Å². The highest BCUT2D eigenvalue weighted by atomic mass is 16.6. The molecule has 172 valence electrons. The highest BCUT2D eigenvalue weighted by Crippen LogP contribution is 2.44. The molecule has 0 radical (unpaired) electrons. The molecule has 3 nitrogen and oxygen atoms in total. The fraction of sp³-hybridized carbons (Fsp3) is 0.852. The van der Waals surface area contributed by atoms with Gasteiger partial charge in [-0.1, -0.05) is 103 Å². The van der Waals surface area contributed by atoms with Crippen LogP contribution in [-0.2, 0) is 14.3 Å². The van der Waals surface area contributed by atoms with Gasteiger partial charge in [0.1, 0.15) is 0 Å². The van der Waals surface area contributed by atoms with Crippen molar-refractivity contribution in [3.05, 3.63) is 12.2 Å². The van der Waals surface area contributed by atoms with E-state index in [1.54, 1.807) is 0 Å². The lowest BCUT2D eigenvalue weighted by Gasteiger charge is -2.33. The second-order valence-electron chi connectivity index (χ2n) is 9.81. The Kier molecular flexibility index (Phi) is 12.4. The Bertz CT molecular complexity index is 524. The Morgan fingerprint density at radius 1 is 0.767 bits per heavy atom. The maximum atomic E-state index is 11.9. The molecule has 30 heavy (non-hydrogen) atoms. The van der Waals surface area contributed by atoms with Crippen molar-refractivity contribution in [2.24, 2.45) is 23.7 Å². The van der Waals surface area contributed by atoms with Crippen molar-refractivity contribution >= 4 is 11.9 Å². The molecule has 1 heterocycles. The van der Waals surface area contributed by atoms with E-state index in [2.05, 4.69) is 26.0 Å². The summed E-state index contributed by atoms with van der Waals surface area (Å²) in [5, 5.41) is 0. The van der Waals surface area contributed by atoms with E-state index in [4.69, 9.17) is 4.74 Å². The molecule has 0 spiro atoms. The Balaban J connectivity index is 1.41. The summed E-state index contributed by atoms with van der Waals surface area (Å²) in [6, 6.07) is 0. The van der Waals surface area contributed by atoms with Crippen LogP contribution in [0.4, 0.5) is 0 Å². The number of hydrogen-bond acceptors (Lipinski definition) is 3. The van der Waals surface area contributed by atoms with E-state index in [1.165, 1.54) is 89.9 Å². The first-order valence-corrected chi connectivity index (χ1v) is 13.1. The van der Waals surface area contributed by atoms with Crippen LogP contribution in [0, 0.1) is 23.7 Å². The first kappa shape index (κ1) is 25.1. The fourth-order valence-electron chi connectivity index (χ4n) is 5.38. The van der Waals surface area contributed by atoms with Gasteiger partial charge in [0.15, 0.2) is 0 Å². The van der Waals surface area contributed by atoms with Gasteiger partial charge in [0, 0.05) is 0 Å². The summed E-state index contributed by atoms with van der Waals surface area (Å²) in [5.41, 5.74) is 0. The number of allylic oxidation sites excluding steroid dienone is 2. The van der Waals surface area contributed by atoms with E-state index < -0.39 is 0 Å². The Morgan fingerprint density at radius 3 is 1.93 bits per heavy atom. The quantitative estimate of drug-likeness (QED) is 0.111. The average molecular weight is 419 g/mol. The molecule has 0 aromatic heterocycles. The molecular weight excluding hydrogens is 372 g/mol. The van der Waals surface area contributed by atoms with Gasteiger partial charge >= 0.3 is 11.9 Å². The van der Waals surface area contributed by atoms with Crippen molar-refractivity contribution in [2.75, 3.05) is 0 Å². The van der Waals surface area contributed by atoms with E-state index in [0.717, 1.165) is 19.3 Å². The zero-order chi connectivity index (χ0) is 21.6. The largest absolute Gasteiger partial charge is 0.393 e. The third-order valence-electron chi connectivity index (χ3n) is 7.45. The molecule has 2 fully saturated rings. The van der Waals surface area contributed by atoms with Gasteiger partial charge in [-0.15, -0.1) is 0 Å². The van der Waals surface area contributed by atoms with Gasteiger partial charge in [-0.05, 0) is 43.9 Å². The van der Waals surface area contributed by atoms with Crippen molar-refractivity contribution in [1.82, 2.24) is 0 Å². The van der Waals surface area contributed by atoms with Crippen LogP contribution in [-0.4, -0.2) is 11.9 Å². The summed E-state index contributed by atoms with van der Waals surface area (Å²) in [5.74, 6) is -0.160. The van der Waals surface area contributed by atoms with Crippen LogP contribution >= 0.6 is 0 Å². The minimum atomic E-state index is -0.284. The molecule has 1 saturated carbocycles. The minimum Gasteiger partial charge on any atom is -0.393 e. The molecule has 4 unspecified atom stereocenters. The van der Waals surface area contributed by atoms with Gasteiger partial charge in [-0.3, -0.25) is 9.59 Å². The summed E-state index contributed by atoms with van der Waals surface area (Å²) in [7, 11) is 0. The maximum absolute atomic E-state index is 11.9. The zero-order valence-electron chi connectivity index (χ0n) is 19.7. The number of carbonyl (C=O) groups excluding carboxylic acids is 2. The number of rotatable bonds is 16. The van der Waals surface area contributed by atoms with Crippen LogP contribution in [0.25, 0.3) is 0 Å². The van der Waals surface area contributed by atoms with E-state index >= 15 is 0 Å². The minimum absolute atomic E-state index is 0.168. The monoisotopic (exact) mass is 418 g/mol. The number of esters is 2. The molecule has 2 rings (SSSR count). The van der Waals surface area contributed by atoms with Crippen molar-refractivity contribution in [2.45, 2.75) is 123 Å². The van der Waals surface area contributed by atoms with Gasteiger partial charge in [0.2, 0.25) is 0 Å². The smallest absolute Gasteiger partial charge is 0.317 e. The number of cyclic esters (lactones) is 2. The van der Waals surface area contributed by atoms with Crippen molar-refractivity contribution < 1.29 is 14.3 Å². The predicted molar refractivity (Wildman–Crippen MR) is 124 cm³/mol. The second-order valence-corrected chi connectivity index (χ2v) is 9.81. The number of fused-ring (bicyclic) bond motifs is 1. The molecule has 0 aromatic rings. The number of ether oxygens (including phenoxy) is 1. The molecule has 0 bridgehead atoms. The molecule has 0 aromatic carbocycles. The molecule has 2 aliphatic rings. The normalized spacial score (nSPS) is 26.3. The summed E-state index contributed by atoms with van der Waals surface area (Å²) < 4.78 is 4.87. The van der Waals surface area contributed by atoms with Gasteiger partial charge in [0.25, 0.3) is 0 Å². The van der Waals surface area contributed by atoms with Gasteiger partial charge < -0.3 is 4.74 Å². The lowest BCUT2D eigenvalue weighted by atomic mass is 9.67. The molecule has 0 amide bonds. The molecule has 1 aliphatic carbocycles. The Morgan fingerprint density at radius 2 is 1.33 bits per heavy atom. The summed E-state index contributed by atoms with van der Waals surface area (Å²) in [6.07, 6.45) is 26.9. The topological polar surface area (TPSA) is 43.4 Å². The van der Waals surface area contributed by atoms with Gasteiger partial charge in [-0.2, -0.15) is 0 Å². The molecule has 0 N–H and O–H groups in total. The van der Waals surface area contributed by atoms with E-state index in [-0.39, 0.29) is 29.7 Å². The van der Waals surface area contributed by atoms with E-state index in [9.17, 15) is 9.59 Å². The maximum Gasteiger partial charge on any atom is 0.317 e. The number of unbranched alkanes of at least 4 members (excludes halogenated alkanes) is 13. The summed E-state index contributed by atoms with van der Waals surface area (Å²) in [4.78, 5) is 23.7. The molecule has 3 heteroatoms. The summed E-state index contributed by atoms with van der Waals surface area (Å²) in [6.45, 7) is 4.41. The van der Waals surface area contributed by atoms with Crippen LogP contribution in [0.15, 0.2) is 12.2 Å². The number of carbonyl (C=O) groups is 2. The van der Waals surface area contributed by atoms with Crippen LogP contribution in [0.3, 0.4) is 0 Å². The standard InChI is InChI=1S/C27H46O3/c1-3-4-5-6-7-8-9-10-11-12-13-14-15-16-17-18-19-23-20-21-24-25(22(23)2)27(29)30-26(24)28/h17-18,22-25H,3-16,19-21H2,1-2H3/b18-17+. The second kappa shape index (κ2) is 14.8. The lowest BCUT2D eigenvalue weighted by Crippen LogP contribution is -2.34. The molecule has 4 atom stereocenters. The number of hydrogen-bond donors (Lipinski definition) is 0. The molecular formula is C27H46O3. The van der Waals surface area contributed by atoms with E-state index in [1.807, 2.05) is 0 Å². The van der Waals surface area contributed by atoms with Crippen molar-refractivity contribution in [3.8, 4) is 0 Å². The zero-order valence-corrected chi connectivity index (χ0v) is 19.7. The lowest BCUT2D eigenvalue weighted by molar-refractivity contribution is -0.154. The molecule has 1 saturated heterocycles. The van der Waals surface area contributed by atoms with Crippen LogP contribution in [0.1, 0.15) is 123 Å². The Labute approximate surface area is 185 Å². The van der Waals surface area contributed by atoms with E-state index in [0.29, 0.717) is 5.92 Å². The van der Waals surface area contributed by atoms with Crippen LogP contribution in [0.5, 0.6) is 0 Å². The highest BCUT2D eigenvalue weighted by Gasteiger charge is 2.51. The third kappa shape index (κ3) is 8.55. The van der Waals surface area contributed by atoms with Crippen LogP contribution in [0.2, 0.25) is 0 Å². The van der Waals surface area contributed by atoms with Crippen LogP contribution < -0.4 is 0 Å². The third-order valence-corrected chi connectivity index (χ3v) is 7.45. The Hall–Kier alpha value is -1.12. The highest BCUT2D eigenvalue weighted by molar-refractivity contribution is 5.96. The predicted octanol–water partition coefficient (Wildman–Crippen LogP) is 7.78. The average Bonchev–Trinajstić information content (AvgIpc) is 3.03.